The minimum Gasteiger partial charge on any atom is -0.337 e. The van der Waals surface area contributed by atoms with Gasteiger partial charge in [0.05, 0.1) is 50.6 Å². The summed E-state index contributed by atoms with van der Waals surface area (Å²) < 4.78 is 3.01. The Balaban J connectivity index is 0.000000125. The quantitative estimate of drug-likeness (QED) is 0.0471. The number of nitrogens with zero attached hydrogens (tertiary/aromatic N) is 8. The second-order valence-corrected chi connectivity index (χ2v) is 9.20. The summed E-state index contributed by atoms with van der Waals surface area (Å²) in [6, 6.07) is 0. The summed E-state index contributed by atoms with van der Waals surface area (Å²) in [6.45, 7) is 0. The van der Waals surface area contributed by atoms with Gasteiger partial charge in [0.1, 0.15) is 0 Å². The molecule has 0 radical (unpaired) electrons. The maximum atomic E-state index is 4.15. The van der Waals surface area contributed by atoms with Crippen molar-refractivity contribution >= 4 is 93.5 Å². The zero-order valence-corrected chi connectivity index (χ0v) is 28.3. The first-order valence-electron chi connectivity index (χ1n) is 11.1. The molecule has 16 nitrogen and oxygen atoms in total. The first kappa shape index (κ1) is 30.0. The summed E-state index contributed by atoms with van der Waals surface area (Å²) in [4.78, 5) is 54.6. The van der Waals surface area contributed by atoms with Crippen molar-refractivity contribution in [2.45, 2.75) is 0 Å². The van der Waals surface area contributed by atoms with Crippen LogP contribution in [-0.2, 0) is 76.2 Å². The van der Waals surface area contributed by atoms with Crippen LogP contribution in [0.3, 0.4) is 0 Å². The molecule has 200 valence electrons. The predicted molar refractivity (Wildman–Crippen MR) is 161 cm³/mol. The molecule has 8 aromatic heterocycles. The SMILES string of the molecule is [Cd+2].[SH+]=c1[nH]cnc2nc[nH]c12.[SH+]=c1[nH]cnc2nc[nH]c12.[SH+]=c1[nH]cnc2nc[nH]c12.[SH+]=c1[nH]cnc2nc[nH]c12. The molecule has 0 amide bonds. The van der Waals surface area contributed by atoms with Crippen LogP contribution in [0.1, 0.15) is 0 Å². The molecule has 0 saturated carbocycles. The molecule has 0 aromatic carbocycles. The van der Waals surface area contributed by atoms with Gasteiger partial charge in [-0.3, -0.25) is 19.9 Å². The summed E-state index contributed by atoms with van der Waals surface area (Å²) >= 11 is 16.6. The third-order valence-corrected chi connectivity index (χ3v) is 6.39. The van der Waals surface area contributed by atoms with E-state index in [1.54, 1.807) is 50.6 Å². The number of hydrogen-bond acceptors (Lipinski definition) is 8. The molecule has 8 heterocycles. The molecule has 8 aromatic rings. The van der Waals surface area contributed by atoms with Crippen molar-refractivity contribution in [2.24, 2.45) is 0 Å². The third-order valence-electron chi connectivity index (χ3n) is 4.98. The molecule has 0 aliphatic rings. The molecule has 0 unspecified atom stereocenters. The number of aromatic nitrogens is 16. The van der Waals surface area contributed by atoms with Crippen LogP contribution in [0.25, 0.3) is 44.7 Å². The van der Waals surface area contributed by atoms with Gasteiger partial charge in [-0.25, -0.2) is 39.9 Å². The molecule has 8 N–H and O–H groups in total. The Morgan fingerprint density at radius 1 is 0.317 bits per heavy atom. The predicted octanol–water partition coefficient (Wildman–Crippen LogP) is 0.386. The van der Waals surface area contributed by atoms with E-state index in [1.807, 2.05) is 0 Å². The molecular weight excluding hydrogens is 705 g/mol. The van der Waals surface area contributed by atoms with Gasteiger partial charge in [-0.2, -0.15) is 0 Å². The van der Waals surface area contributed by atoms with Crippen molar-refractivity contribution in [3.05, 3.63) is 69.2 Å². The first-order chi connectivity index (χ1) is 19.5. The van der Waals surface area contributed by atoms with Gasteiger partial charge in [0.2, 0.25) is 0 Å². The normalized spacial score (nSPS) is 10.1. The van der Waals surface area contributed by atoms with E-state index in [-0.39, 0.29) is 27.3 Å². The smallest absolute Gasteiger partial charge is 0.337 e. The minimum atomic E-state index is 0. The van der Waals surface area contributed by atoms with Gasteiger partial charge in [-0.1, -0.05) is 0 Å². The number of fused-ring (bicyclic) bond motifs is 4. The summed E-state index contributed by atoms with van der Waals surface area (Å²) in [6.07, 6.45) is 12.6. The molecule has 8 rings (SSSR count). The van der Waals surface area contributed by atoms with Gasteiger partial charge in [-0.05, 0) is 0 Å². The monoisotopic (exact) mass is 726 g/mol. The average molecular weight is 725 g/mol. The second-order valence-electron chi connectivity index (χ2n) is 7.41. The maximum absolute atomic E-state index is 4.15. The average Bonchev–Trinajstić information content (AvgIpc) is 3.77. The van der Waals surface area contributed by atoms with Gasteiger partial charge in [0.15, 0.2) is 93.5 Å². The van der Waals surface area contributed by atoms with Crippen LogP contribution >= 0.6 is 0 Å². The third kappa shape index (κ3) is 7.21. The number of thiol groups is 4. The Kier molecular flexibility index (Phi) is 10.3. The Hall–Kier alpha value is -4.00. The van der Waals surface area contributed by atoms with Crippen molar-refractivity contribution in [1.82, 2.24) is 79.7 Å². The van der Waals surface area contributed by atoms with E-state index in [1.165, 1.54) is 0 Å². The minimum absolute atomic E-state index is 0. The van der Waals surface area contributed by atoms with E-state index >= 15 is 0 Å². The van der Waals surface area contributed by atoms with E-state index in [9.17, 15) is 0 Å². The number of H-pyrrole nitrogens is 8. The zero-order valence-electron chi connectivity index (χ0n) is 20.7. The number of aromatic amines is 8. The van der Waals surface area contributed by atoms with Gasteiger partial charge in [0, 0.05) is 0 Å². The van der Waals surface area contributed by atoms with Crippen LogP contribution in [0.5, 0.6) is 0 Å². The van der Waals surface area contributed by atoms with Crippen molar-refractivity contribution < 1.29 is 27.3 Å². The Bertz CT molecular complexity index is 1930. The zero-order chi connectivity index (χ0) is 27.9. The van der Waals surface area contributed by atoms with Crippen LogP contribution < -0.4 is 0 Å². The maximum Gasteiger partial charge on any atom is 2.00 e. The van der Waals surface area contributed by atoms with Crippen LogP contribution in [0.4, 0.5) is 0 Å². The molecular formula is C20H20CdN16S4+6. The molecule has 0 aliphatic heterocycles. The molecule has 0 bridgehead atoms. The summed E-state index contributed by atoms with van der Waals surface area (Å²) in [5.41, 5.74) is 6.09. The molecule has 21 heteroatoms. The summed E-state index contributed by atoms with van der Waals surface area (Å²) in [5.74, 6) is 0. The molecule has 0 spiro atoms. The Morgan fingerprint density at radius 2 is 0.488 bits per heavy atom. The molecule has 0 fully saturated rings. The second kappa shape index (κ2) is 14.1. The number of nitrogens with one attached hydrogen (secondary N) is 8. The molecule has 41 heavy (non-hydrogen) atoms. The molecule has 0 saturated heterocycles. The van der Waals surface area contributed by atoms with Crippen molar-refractivity contribution in [2.75, 3.05) is 0 Å². The standard InChI is InChI=1S/4C5H4N4S.Cd/c4*10-5-3-4(7-1-6-3)8-2-9-5;/h4*1-2H,(H2,6,7,8,9,10);/q;;;;+2/p+4. The van der Waals surface area contributed by atoms with Crippen molar-refractivity contribution in [3.8, 4) is 0 Å². The van der Waals surface area contributed by atoms with Crippen LogP contribution in [-0.4, -0.2) is 79.7 Å². The van der Waals surface area contributed by atoms with Crippen LogP contribution in [0, 0.1) is 18.6 Å². The number of hydrogen-bond donors (Lipinski definition) is 8. The number of imidazole rings is 4. The van der Waals surface area contributed by atoms with E-state index in [4.69, 9.17) is 0 Å². The van der Waals surface area contributed by atoms with Gasteiger partial charge < -0.3 is 19.9 Å². The van der Waals surface area contributed by atoms with Crippen LogP contribution in [0.2, 0.25) is 0 Å². The van der Waals surface area contributed by atoms with E-state index in [2.05, 4.69) is 129 Å². The summed E-state index contributed by atoms with van der Waals surface area (Å²) in [7, 11) is 0. The van der Waals surface area contributed by atoms with E-state index in [0.29, 0.717) is 22.6 Å². The Labute approximate surface area is 268 Å². The van der Waals surface area contributed by atoms with E-state index < -0.39 is 0 Å². The first-order valence-corrected chi connectivity index (χ1v) is 12.8. The van der Waals surface area contributed by atoms with Gasteiger partial charge in [-0.15, -0.1) is 0 Å². The van der Waals surface area contributed by atoms with E-state index in [0.717, 1.165) is 40.6 Å². The Morgan fingerprint density at radius 3 is 0.659 bits per heavy atom. The van der Waals surface area contributed by atoms with Gasteiger partial charge in [0.25, 0.3) is 0 Å². The molecule has 0 aliphatic carbocycles. The van der Waals surface area contributed by atoms with Crippen molar-refractivity contribution in [3.63, 3.8) is 0 Å². The topological polar surface area (TPSA) is 229 Å². The fraction of sp³-hybridized carbons (Fsp3) is 0. The summed E-state index contributed by atoms with van der Waals surface area (Å²) in [5, 5.41) is 0. The fourth-order valence-electron chi connectivity index (χ4n) is 3.14. The van der Waals surface area contributed by atoms with Crippen molar-refractivity contribution in [1.29, 1.82) is 0 Å². The fourth-order valence-corrected chi connectivity index (χ4v) is 4.03. The molecule has 0 atom stereocenters. The number of rotatable bonds is 0. The van der Waals surface area contributed by atoms with Crippen LogP contribution in [0.15, 0.2) is 50.6 Å². The van der Waals surface area contributed by atoms with Gasteiger partial charge >= 0.3 is 45.9 Å². The largest absolute Gasteiger partial charge is 2.00 e.